The van der Waals surface area contributed by atoms with E-state index >= 15 is 0 Å². The first kappa shape index (κ1) is 22.4. The molecule has 10 nitrogen and oxygen atoms in total. The van der Waals surface area contributed by atoms with Crippen LogP contribution in [0.1, 0.15) is 16.1 Å². The van der Waals surface area contributed by atoms with Crippen molar-refractivity contribution in [3.8, 4) is 23.0 Å². The van der Waals surface area contributed by atoms with Gasteiger partial charge in [-0.2, -0.15) is 14.9 Å². The summed E-state index contributed by atoms with van der Waals surface area (Å²) in [4.78, 5) is 22.0. The normalized spacial score (nSPS) is 11.0. The van der Waals surface area contributed by atoms with E-state index in [1.165, 1.54) is 20.5 Å². The highest BCUT2D eigenvalue weighted by molar-refractivity contribution is 6.30. The maximum absolute atomic E-state index is 13.2. The van der Waals surface area contributed by atoms with Gasteiger partial charge in [0, 0.05) is 11.1 Å². The number of nitrogens with one attached hydrogen (secondary N) is 1. The quantitative estimate of drug-likeness (QED) is 0.380. The molecule has 5 aromatic rings. The Balaban J connectivity index is 1.55. The highest BCUT2D eigenvalue weighted by Gasteiger charge is 2.21. The molecule has 176 valence electrons. The number of benzene rings is 2. The summed E-state index contributed by atoms with van der Waals surface area (Å²) in [5.41, 5.74) is 2.39. The van der Waals surface area contributed by atoms with Crippen LogP contribution in [-0.4, -0.2) is 49.7 Å². The molecule has 3 aromatic heterocycles. The Hall–Kier alpha value is -4.44. The van der Waals surface area contributed by atoms with Gasteiger partial charge in [-0.3, -0.25) is 4.79 Å². The molecule has 0 spiro atoms. The van der Waals surface area contributed by atoms with E-state index in [1.807, 2.05) is 19.1 Å². The molecule has 0 saturated carbocycles. The summed E-state index contributed by atoms with van der Waals surface area (Å²) in [6, 6.07) is 14.1. The van der Waals surface area contributed by atoms with Crippen molar-refractivity contribution in [3.63, 3.8) is 0 Å². The van der Waals surface area contributed by atoms with Crippen LogP contribution in [0.4, 0.5) is 5.82 Å². The molecule has 3 heterocycles. The molecule has 0 radical (unpaired) electrons. The predicted molar refractivity (Wildman–Crippen MR) is 131 cm³/mol. The van der Waals surface area contributed by atoms with Gasteiger partial charge >= 0.3 is 0 Å². The van der Waals surface area contributed by atoms with Crippen LogP contribution in [0.2, 0.25) is 5.02 Å². The van der Waals surface area contributed by atoms with Gasteiger partial charge in [0.2, 0.25) is 0 Å². The fraction of sp³-hybridized carbons (Fsp3) is 0.125. The minimum Gasteiger partial charge on any atom is -0.493 e. The molecular formula is C24H20ClN7O3. The Morgan fingerprint density at radius 2 is 1.83 bits per heavy atom. The van der Waals surface area contributed by atoms with E-state index in [9.17, 15) is 4.79 Å². The minimum atomic E-state index is -0.385. The van der Waals surface area contributed by atoms with Gasteiger partial charge in [0.05, 0.1) is 42.7 Å². The molecule has 0 aliphatic heterocycles. The summed E-state index contributed by atoms with van der Waals surface area (Å²) in [6.45, 7) is 1.83. The molecule has 1 N–H and O–H groups in total. The third-order valence-electron chi connectivity index (χ3n) is 5.34. The fourth-order valence-electron chi connectivity index (χ4n) is 3.77. The largest absolute Gasteiger partial charge is 0.493 e. The van der Waals surface area contributed by atoms with Crippen molar-refractivity contribution in [3.05, 3.63) is 77.3 Å². The maximum Gasteiger partial charge on any atom is 0.260 e. The van der Waals surface area contributed by atoms with Crippen molar-refractivity contribution >= 4 is 34.4 Å². The Kier molecular flexibility index (Phi) is 5.79. The van der Waals surface area contributed by atoms with Gasteiger partial charge < -0.3 is 14.8 Å². The molecule has 0 atom stereocenters. The summed E-state index contributed by atoms with van der Waals surface area (Å²) in [5.74, 6) is 1.30. The molecule has 0 aliphatic carbocycles. The van der Waals surface area contributed by atoms with Crippen molar-refractivity contribution < 1.29 is 14.3 Å². The third-order valence-corrected chi connectivity index (χ3v) is 5.59. The third kappa shape index (κ3) is 4.04. The summed E-state index contributed by atoms with van der Waals surface area (Å²) in [7, 11) is 3.00. The van der Waals surface area contributed by atoms with Crippen molar-refractivity contribution in [2.45, 2.75) is 6.92 Å². The SMILES string of the molecule is COc1cccc(C(=O)Nc2cc(C)nn2-c2ncnc3c2cnn3-c2ccc(Cl)cc2)c1OC. The highest BCUT2D eigenvalue weighted by Crippen LogP contribution is 2.32. The molecule has 11 heteroatoms. The van der Waals surface area contributed by atoms with Gasteiger partial charge in [0.15, 0.2) is 23.0 Å². The van der Waals surface area contributed by atoms with Crippen molar-refractivity contribution in [1.82, 2.24) is 29.5 Å². The predicted octanol–water partition coefficient (Wildman–Crippen LogP) is 4.23. The van der Waals surface area contributed by atoms with Crippen molar-refractivity contribution in [2.75, 3.05) is 19.5 Å². The number of ether oxygens (including phenoxy) is 2. The average Bonchev–Trinajstić information content (AvgIpc) is 3.47. The van der Waals surface area contributed by atoms with Crippen molar-refractivity contribution in [1.29, 1.82) is 0 Å². The number of rotatable bonds is 6. The van der Waals surface area contributed by atoms with Gasteiger partial charge in [0.25, 0.3) is 5.91 Å². The monoisotopic (exact) mass is 489 g/mol. The number of methoxy groups -OCH3 is 2. The lowest BCUT2D eigenvalue weighted by molar-refractivity contribution is 0.102. The molecule has 0 aliphatic rings. The number of amides is 1. The number of carbonyl (C=O) groups excluding carboxylic acids is 1. The molecular weight excluding hydrogens is 470 g/mol. The molecule has 0 fully saturated rings. The number of hydrogen-bond donors (Lipinski definition) is 1. The molecule has 5 rings (SSSR count). The number of para-hydroxylation sites is 1. The number of fused-ring (bicyclic) bond motifs is 1. The first-order chi connectivity index (χ1) is 17.0. The van der Waals surface area contributed by atoms with Crippen LogP contribution in [0.25, 0.3) is 22.5 Å². The Morgan fingerprint density at radius 1 is 1.03 bits per heavy atom. The maximum atomic E-state index is 13.2. The molecule has 0 bridgehead atoms. The van der Waals surface area contributed by atoms with E-state index in [0.29, 0.717) is 50.4 Å². The number of hydrogen-bond acceptors (Lipinski definition) is 7. The van der Waals surface area contributed by atoms with Gasteiger partial charge in [-0.15, -0.1) is 0 Å². The topological polar surface area (TPSA) is 109 Å². The Bertz CT molecular complexity index is 1540. The minimum absolute atomic E-state index is 0.320. The van der Waals surface area contributed by atoms with Crippen LogP contribution in [0.15, 0.2) is 61.1 Å². The van der Waals surface area contributed by atoms with Gasteiger partial charge in [0.1, 0.15) is 12.1 Å². The number of anilines is 1. The summed E-state index contributed by atoms with van der Waals surface area (Å²) >= 11 is 6.02. The Labute approximate surface area is 205 Å². The Morgan fingerprint density at radius 3 is 2.57 bits per heavy atom. The van der Waals surface area contributed by atoms with Crippen LogP contribution in [-0.2, 0) is 0 Å². The second-order valence-electron chi connectivity index (χ2n) is 7.55. The van der Waals surface area contributed by atoms with E-state index in [2.05, 4.69) is 25.5 Å². The van der Waals surface area contributed by atoms with E-state index < -0.39 is 0 Å². The van der Waals surface area contributed by atoms with Crippen LogP contribution < -0.4 is 14.8 Å². The molecule has 0 saturated heterocycles. The molecule has 0 unspecified atom stereocenters. The average molecular weight is 490 g/mol. The van der Waals surface area contributed by atoms with E-state index in [-0.39, 0.29) is 5.91 Å². The zero-order valence-corrected chi connectivity index (χ0v) is 19.8. The highest BCUT2D eigenvalue weighted by atomic mass is 35.5. The summed E-state index contributed by atoms with van der Waals surface area (Å²) in [6.07, 6.45) is 3.09. The van der Waals surface area contributed by atoms with Crippen LogP contribution in [0, 0.1) is 6.92 Å². The van der Waals surface area contributed by atoms with E-state index in [1.54, 1.807) is 52.0 Å². The lowest BCUT2D eigenvalue weighted by Gasteiger charge is -2.13. The summed E-state index contributed by atoms with van der Waals surface area (Å²) in [5, 5.41) is 13.2. The van der Waals surface area contributed by atoms with E-state index in [4.69, 9.17) is 21.1 Å². The number of halogens is 1. The van der Waals surface area contributed by atoms with Crippen LogP contribution in [0.5, 0.6) is 11.5 Å². The second kappa shape index (κ2) is 9.07. The molecule has 1 amide bonds. The van der Waals surface area contributed by atoms with Crippen LogP contribution >= 0.6 is 11.6 Å². The zero-order chi connectivity index (χ0) is 24.5. The molecule has 2 aromatic carbocycles. The lowest BCUT2D eigenvalue weighted by Crippen LogP contribution is -2.17. The number of aromatic nitrogens is 6. The van der Waals surface area contributed by atoms with Crippen LogP contribution in [0.3, 0.4) is 0 Å². The fourth-order valence-corrected chi connectivity index (χ4v) is 3.90. The second-order valence-corrected chi connectivity index (χ2v) is 7.98. The summed E-state index contributed by atoms with van der Waals surface area (Å²) < 4.78 is 14.0. The molecule has 35 heavy (non-hydrogen) atoms. The number of nitrogens with zero attached hydrogens (tertiary/aromatic N) is 6. The van der Waals surface area contributed by atoms with E-state index in [0.717, 1.165) is 5.69 Å². The first-order valence-electron chi connectivity index (χ1n) is 10.5. The lowest BCUT2D eigenvalue weighted by atomic mass is 10.1. The standard InChI is InChI=1S/C24H20ClN7O3/c1-14-11-20(29-24(33)17-5-4-6-19(34-2)21(17)35-3)32(30-14)23-18-12-28-31(22(18)26-13-27-23)16-9-7-15(25)8-10-16/h4-13H,1-3H3,(H,29,33). The zero-order valence-electron chi connectivity index (χ0n) is 19.1. The number of aryl methyl sites for hydroxylation is 1. The van der Waals surface area contributed by atoms with Gasteiger partial charge in [-0.25, -0.2) is 14.6 Å². The smallest absolute Gasteiger partial charge is 0.260 e. The van der Waals surface area contributed by atoms with Gasteiger partial charge in [-0.05, 0) is 43.3 Å². The van der Waals surface area contributed by atoms with Crippen molar-refractivity contribution in [2.24, 2.45) is 0 Å². The van der Waals surface area contributed by atoms with Gasteiger partial charge in [-0.1, -0.05) is 17.7 Å². The first-order valence-corrected chi connectivity index (χ1v) is 10.9. The number of carbonyl (C=O) groups is 1.